The van der Waals surface area contributed by atoms with Gasteiger partial charge < -0.3 is 9.88 Å². The van der Waals surface area contributed by atoms with Gasteiger partial charge in [0.2, 0.25) is 0 Å². The van der Waals surface area contributed by atoms with Gasteiger partial charge in [0.15, 0.2) is 0 Å². The lowest BCUT2D eigenvalue weighted by Crippen LogP contribution is -2.20. The number of hydrogen-bond donors (Lipinski definition) is 1. The van der Waals surface area contributed by atoms with Crippen molar-refractivity contribution in [1.82, 2.24) is 9.88 Å². The normalized spacial score (nSPS) is 14.0. The number of fused-ring (bicyclic) bond motifs is 1. The molecule has 5 heteroatoms. The van der Waals surface area contributed by atoms with Crippen LogP contribution in [0.1, 0.15) is 16.8 Å². The number of nitrogens with zero attached hydrogens (tertiary/aromatic N) is 2. The molecular weight excluding hydrogens is 341 g/mol. The molecule has 0 amide bonds. The van der Waals surface area contributed by atoms with Crippen LogP contribution in [0.5, 0.6) is 0 Å². The van der Waals surface area contributed by atoms with Crippen LogP contribution in [-0.2, 0) is 6.54 Å². The summed E-state index contributed by atoms with van der Waals surface area (Å²) in [5, 5.41) is 6.01. The Balaban J connectivity index is 1.90. The quantitative estimate of drug-likeness (QED) is 0.725. The molecule has 1 aromatic heterocycles. The highest BCUT2D eigenvalue weighted by Gasteiger charge is 2.20. The van der Waals surface area contributed by atoms with Gasteiger partial charge in [0.05, 0.1) is 6.54 Å². The highest BCUT2D eigenvalue weighted by Crippen LogP contribution is 2.30. The van der Waals surface area contributed by atoms with E-state index < -0.39 is 0 Å². The van der Waals surface area contributed by atoms with Crippen molar-refractivity contribution in [1.29, 1.82) is 0 Å². The lowest BCUT2D eigenvalue weighted by Gasteiger charge is -2.10. The topological polar surface area (TPSA) is 29.3 Å². The summed E-state index contributed by atoms with van der Waals surface area (Å²) in [6.07, 6.45) is 0. The largest absolute Gasteiger partial charge is 0.368 e. The van der Waals surface area contributed by atoms with Gasteiger partial charge in [-0.15, -0.1) is 0 Å². The number of aliphatic imine (C=N–C) groups is 1. The lowest BCUT2D eigenvalue weighted by molar-refractivity contribution is 0.803. The molecular formula is C19H17Cl2N3. The van der Waals surface area contributed by atoms with Crippen molar-refractivity contribution in [3.05, 3.63) is 69.3 Å². The maximum absolute atomic E-state index is 6.25. The third-order valence-electron chi connectivity index (χ3n) is 4.43. The van der Waals surface area contributed by atoms with Crippen molar-refractivity contribution in [3.63, 3.8) is 0 Å². The van der Waals surface area contributed by atoms with Crippen LogP contribution in [0.25, 0.3) is 10.9 Å². The van der Waals surface area contributed by atoms with E-state index in [1.54, 1.807) is 0 Å². The first-order valence-electron chi connectivity index (χ1n) is 7.95. The second-order valence-corrected chi connectivity index (χ2v) is 6.87. The van der Waals surface area contributed by atoms with Gasteiger partial charge in [-0.1, -0.05) is 35.3 Å². The fourth-order valence-corrected chi connectivity index (χ4v) is 3.73. The molecule has 0 bridgehead atoms. The van der Waals surface area contributed by atoms with Crippen molar-refractivity contribution >= 4 is 39.9 Å². The van der Waals surface area contributed by atoms with E-state index in [0.29, 0.717) is 0 Å². The van der Waals surface area contributed by atoms with Crippen molar-refractivity contribution in [2.24, 2.45) is 4.99 Å². The fourth-order valence-electron chi connectivity index (χ4n) is 3.34. The molecule has 0 saturated carbocycles. The molecule has 122 valence electrons. The zero-order valence-electron chi connectivity index (χ0n) is 13.3. The number of rotatable bonds is 3. The average Bonchev–Trinajstić information content (AvgIpc) is 3.15. The van der Waals surface area contributed by atoms with Crippen LogP contribution >= 0.6 is 23.2 Å². The second kappa shape index (κ2) is 6.15. The van der Waals surface area contributed by atoms with Crippen LogP contribution < -0.4 is 5.32 Å². The number of hydrogen-bond acceptors (Lipinski definition) is 2. The summed E-state index contributed by atoms with van der Waals surface area (Å²) < 4.78 is 2.30. The van der Waals surface area contributed by atoms with E-state index in [2.05, 4.69) is 33.9 Å². The zero-order valence-corrected chi connectivity index (χ0v) is 14.8. The van der Waals surface area contributed by atoms with Crippen molar-refractivity contribution in [2.75, 3.05) is 13.1 Å². The van der Waals surface area contributed by atoms with Crippen LogP contribution in [0.4, 0.5) is 0 Å². The van der Waals surface area contributed by atoms with Crippen LogP contribution in [0.15, 0.2) is 47.5 Å². The van der Waals surface area contributed by atoms with Crippen LogP contribution in [0.2, 0.25) is 10.0 Å². The van der Waals surface area contributed by atoms with Gasteiger partial charge in [0.1, 0.15) is 5.84 Å². The Kier molecular flexibility index (Phi) is 3.99. The van der Waals surface area contributed by atoms with Crippen molar-refractivity contribution < 1.29 is 0 Å². The number of halogens is 2. The predicted molar refractivity (Wildman–Crippen MR) is 102 cm³/mol. The van der Waals surface area contributed by atoms with Gasteiger partial charge >= 0.3 is 0 Å². The zero-order chi connectivity index (χ0) is 16.7. The first-order valence-corrected chi connectivity index (χ1v) is 8.70. The van der Waals surface area contributed by atoms with E-state index >= 15 is 0 Å². The Morgan fingerprint density at radius 2 is 1.96 bits per heavy atom. The third kappa shape index (κ3) is 2.68. The predicted octanol–water partition coefficient (Wildman–Crippen LogP) is 4.65. The third-order valence-corrected chi connectivity index (χ3v) is 4.90. The molecule has 1 aliphatic heterocycles. The Hall–Kier alpha value is -1.97. The van der Waals surface area contributed by atoms with Gasteiger partial charge in [-0.05, 0) is 42.8 Å². The van der Waals surface area contributed by atoms with Crippen LogP contribution in [0, 0.1) is 6.92 Å². The summed E-state index contributed by atoms with van der Waals surface area (Å²) in [5.74, 6) is 0.963. The SMILES string of the molecule is Cc1c(C2=NCCN2)c2cc(Cl)ccc2n1Cc1cccc(Cl)c1. The van der Waals surface area contributed by atoms with E-state index in [-0.39, 0.29) is 0 Å². The van der Waals surface area contributed by atoms with E-state index in [4.69, 9.17) is 23.2 Å². The van der Waals surface area contributed by atoms with Crippen molar-refractivity contribution in [3.8, 4) is 0 Å². The first kappa shape index (κ1) is 15.6. The highest BCUT2D eigenvalue weighted by molar-refractivity contribution is 6.31. The molecule has 0 saturated heterocycles. The van der Waals surface area contributed by atoms with Crippen molar-refractivity contribution in [2.45, 2.75) is 13.5 Å². The summed E-state index contributed by atoms with van der Waals surface area (Å²) in [4.78, 5) is 4.61. The molecule has 4 rings (SSSR count). The Bertz CT molecular complexity index is 957. The monoisotopic (exact) mass is 357 g/mol. The molecule has 0 radical (unpaired) electrons. The molecule has 0 fully saturated rings. The summed E-state index contributed by atoms with van der Waals surface area (Å²) in [6.45, 7) is 4.60. The second-order valence-electron chi connectivity index (χ2n) is 6.00. The lowest BCUT2D eigenvalue weighted by atomic mass is 10.1. The van der Waals surface area contributed by atoms with E-state index in [9.17, 15) is 0 Å². The minimum Gasteiger partial charge on any atom is -0.368 e. The number of amidine groups is 1. The highest BCUT2D eigenvalue weighted by atomic mass is 35.5. The molecule has 0 unspecified atom stereocenters. The van der Waals surface area contributed by atoms with Gasteiger partial charge in [-0.25, -0.2) is 0 Å². The van der Waals surface area contributed by atoms with Gasteiger partial charge in [0.25, 0.3) is 0 Å². The molecule has 2 aromatic carbocycles. The smallest absolute Gasteiger partial charge is 0.130 e. The molecule has 1 N–H and O–H groups in total. The fraction of sp³-hybridized carbons (Fsp3) is 0.211. The molecule has 0 atom stereocenters. The van der Waals surface area contributed by atoms with Crippen LogP contribution in [-0.4, -0.2) is 23.5 Å². The minimum atomic E-state index is 0.738. The molecule has 3 nitrogen and oxygen atoms in total. The molecule has 3 aromatic rings. The Morgan fingerprint density at radius 1 is 1.12 bits per heavy atom. The summed E-state index contributed by atoms with van der Waals surface area (Å²) in [5.41, 5.74) is 4.65. The standard InChI is InChI=1S/C19H17Cl2N3/c1-12-18(19-22-7-8-23-19)16-10-15(21)5-6-17(16)24(12)11-13-3-2-4-14(20)9-13/h2-6,9-10H,7-8,11H2,1H3,(H,22,23). The molecule has 0 spiro atoms. The molecule has 24 heavy (non-hydrogen) atoms. The molecule has 2 heterocycles. The number of aromatic nitrogens is 1. The van der Waals surface area contributed by atoms with E-state index in [1.807, 2.05) is 30.3 Å². The average molecular weight is 358 g/mol. The Labute approximate surface area is 150 Å². The minimum absolute atomic E-state index is 0.738. The Morgan fingerprint density at radius 3 is 2.71 bits per heavy atom. The number of benzene rings is 2. The first-order chi connectivity index (χ1) is 11.6. The molecule has 0 aliphatic carbocycles. The van der Waals surface area contributed by atoms with E-state index in [0.717, 1.165) is 52.0 Å². The molecule has 1 aliphatic rings. The number of nitrogens with one attached hydrogen (secondary N) is 1. The van der Waals surface area contributed by atoms with Gasteiger partial charge in [0, 0.05) is 45.3 Å². The maximum Gasteiger partial charge on any atom is 0.130 e. The van der Waals surface area contributed by atoms with Crippen LogP contribution in [0.3, 0.4) is 0 Å². The van der Waals surface area contributed by atoms with E-state index in [1.165, 1.54) is 11.3 Å². The summed E-state index contributed by atoms with van der Waals surface area (Å²) >= 11 is 12.4. The van der Waals surface area contributed by atoms with Gasteiger partial charge in [-0.2, -0.15) is 0 Å². The summed E-state index contributed by atoms with van der Waals surface area (Å²) in [6, 6.07) is 14.0. The van der Waals surface area contributed by atoms with Gasteiger partial charge in [-0.3, -0.25) is 4.99 Å². The maximum atomic E-state index is 6.25. The summed E-state index contributed by atoms with van der Waals surface area (Å²) in [7, 11) is 0.